The Kier molecular flexibility index (Phi) is 4.35. The minimum Gasteiger partial charge on any atom is -0.278 e. The molecule has 2 aromatic carbocycles. The SMILES string of the molecule is CCc1ccc(C=NNc2ccnc3cc(Cl)ccc23)cc1. The topological polar surface area (TPSA) is 37.3 Å². The maximum absolute atomic E-state index is 5.99. The van der Waals surface area contributed by atoms with Gasteiger partial charge in [-0.15, -0.1) is 0 Å². The van der Waals surface area contributed by atoms with Crippen LogP contribution in [0.5, 0.6) is 0 Å². The van der Waals surface area contributed by atoms with Crippen molar-refractivity contribution in [2.45, 2.75) is 13.3 Å². The average Bonchev–Trinajstić information content (AvgIpc) is 2.55. The fraction of sp³-hybridized carbons (Fsp3) is 0.111. The smallest absolute Gasteiger partial charge is 0.0738 e. The summed E-state index contributed by atoms with van der Waals surface area (Å²) in [5.41, 5.74) is 7.21. The Bertz CT molecular complexity index is 810. The van der Waals surface area contributed by atoms with Gasteiger partial charge in [-0.3, -0.25) is 10.4 Å². The first-order valence-corrected chi connectivity index (χ1v) is 7.56. The van der Waals surface area contributed by atoms with E-state index in [-0.39, 0.29) is 0 Å². The molecule has 0 radical (unpaired) electrons. The molecule has 0 aliphatic rings. The normalized spacial score (nSPS) is 11.2. The number of aromatic nitrogens is 1. The molecule has 0 amide bonds. The number of hydrazone groups is 1. The summed E-state index contributed by atoms with van der Waals surface area (Å²) in [5.74, 6) is 0. The van der Waals surface area contributed by atoms with Gasteiger partial charge in [-0.1, -0.05) is 42.8 Å². The standard InChI is InChI=1S/C18H16ClN3/c1-2-13-3-5-14(6-4-13)12-21-22-17-9-10-20-18-11-15(19)7-8-16(17)18/h3-12H,2H2,1H3,(H,20,22). The van der Waals surface area contributed by atoms with Crippen LogP contribution < -0.4 is 5.43 Å². The Morgan fingerprint density at radius 3 is 2.73 bits per heavy atom. The summed E-state index contributed by atoms with van der Waals surface area (Å²) in [7, 11) is 0. The van der Waals surface area contributed by atoms with Crippen LogP contribution in [0.3, 0.4) is 0 Å². The Labute approximate surface area is 134 Å². The van der Waals surface area contributed by atoms with E-state index < -0.39 is 0 Å². The Morgan fingerprint density at radius 1 is 1.14 bits per heavy atom. The molecule has 0 unspecified atom stereocenters. The van der Waals surface area contributed by atoms with Crippen LogP contribution in [0, 0.1) is 0 Å². The van der Waals surface area contributed by atoms with Crippen LogP contribution >= 0.6 is 11.6 Å². The van der Waals surface area contributed by atoms with Gasteiger partial charge < -0.3 is 0 Å². The van der Waals surface area contributed by atoms with E-state index in [1.807, 2.05) is 30.5 Å². The highest BCUT2D eigenvalue weighted by Crippen LogP contribution is 2.24. The molecular formula is C18H16ClN3. The Balaban J connectivity index is 1.79. The van der Waals surface area contributed by atoms with Crippen molar-refractivity contribution in [1.29, 1.82) is 0 Å². The van der Waals surface area contributed by atoms with Crippen LogP contribution in [0.2, 0.25) is 5.02 Å². The summed E-state index contributed by atoms with van der Waals surface area (Å²) in [5, 5.41) is 5.97. The summed E-state index contributed by atoms with van der Waals surface area (Å²) in [4.78, 5) is 4.31. The number of benzene rings is 2. The first kappa shape index (κ1) is 14.5. The number of rotatable bonds is 4. The predicted molar refractivity (Wildman–Crippen MR) is 93.8 cm³/mol. The number of nitrogens with one attached hydrogen (secondary N) is 1. The molecule has 0 atom stereocenters. The molecule has 4 heteroatoms. The van der Waals surface area contributed by atoms with E-state index in [1.165, 1.54) is 5.56 Å². The van der Waals surface area contributed by atoms with E-state index in [1.54, 1.807) is 6.20 Å². The zero-order valence-electron chi connectivity index (χ0n) is 12.3. The van der Waals surface area contributed by atoms with Crippen LogP contribution in [0.1, 0.15) is 18.1 Å². The highest BCUT2D eigenvalue weighted by Gasteiger charge is 2.01. The fourth-order valence-electron chi connectivity index (χ4n) is 2.23. The lowest BCUT2D eigenvalue weighted by Crippen LogP contribution is -1.93. The number of hydrogen-bond acceptors (Lipinski definition) is 3. The van der Waals surface area contributed by atoms with Crippen LogP contribution in [-0.4, -0.2) is 11.2 Å². The fourth-order valence-corrected chi connectivity index (χ4v) is 2.40. The summed E-state index contributed by atoms with van der Waals surface area (Å²) in [6.45, 7) is 2.14. The molecule has 0 spiro atoms. The highest BCUT2D eigenvalue weighted by molar-refractivity contribution is 6.31. The highest BCUT2D eigenvalue weighted by atomic mass is 35.5. The molecular weight excluding hydrogens is 294 g/mol. The first-order valence-electron chi connectivity index (χ1n) is 7.18. The number of halogens is 1. The lowest BCUT2D eigenvalue weighted by atomic mass is 10.1. The molecule has 22 heavy (non-hydrogen) atoms. The van der Waals surface area contributed by atoms with Gasteiger partial charge in [0, 0.05) is 16.6 Å². The largest absolute Gasteiger partial charge is 0.278 e. The van der Waals surface area contributed by atoms with Crippen molar-refractivity contribution < 1.29 is 0 Å². The summed E-state index contributed by atoms with van der Waals surface area (Å²) in [6.07, 6.45) is 4.59. The molecule has 3 aromatic rings. The van der Waals surface area contributed by atoms with Gasteiger partial charge in [0.15, 0.2) is 0 Å². The first-order chi connectivity index (χ1) is 10.8. The molecule has 0 saturated carbocycles. The molecule has 1 aromatic heterocycles. The van der Waals surface area contributed by atoms with E-state index in [4.69, 9.17) is 11.6 Å². The van der Waals surface area contributed by atoms with Gasteiger partial charge in [-0.25, -0.2) is 0 Å². The lowest BCUT2D eigenvalue weighted by Gasteiger charge is -2.05. The number of aryl methyl sites for hydroxylation is 1. The van der Waals surface area contributed by atoms with Gasteiger partial charge in [-0.2, -0.15) is 5.10 Å². The van der Waals surface area contributed by atoms with E-state index in [9.17, 15) is 0 Å². The van der Waals surface area contributed by atoms with Gasteiger partial charge >= 0.3 is 0 Å². The van der Waals surface area contributed by atoms with Crippen molar-refractivity contribution >= 4 is 34.4 Å². The number of pyridine rings is 1. The Morgan fingerprint density at radius 2 is 1.95 bits per heavy atom. The molecule has 0 bridgehead atoms. The maximum Gasteiger partial charge on any atom is 0.0738 e. The van der Waals surface area contributed by atoms with Gasteiger partial charge in [0.25, 0.3) is 0 Å². The van der Waals surface area contributed by atoms with Crippen LogP contribution in [-0.2, 0) is 6.42 Å². The quantitative estimate of drug-likeness (QED) is 0.550. The van der Waals surface area contributed by atoms with Gasteiger partial charge in [0.05, 0.1) is 17.4 Å². The van der Waals surface area contributed by atoms with Crippen molar-refractivity contribution in [3.8, 4) is 0 Å². The molecule has 0 saturated heterocycles. The molecule has 0 aliphatic heterocycles. The summed E-state index contributed by atoms with van der Waals surface area (Å²) in [6, 6.07) is 15.9. The van der Waals surface area contributed by atoms with E-state index in [0.717, 1.165) is 28.6 Å². The third-order valence-corrected chi connectivity index (χ3v) is 3.73. The molecule has 1 N–H and O–H groups in total. The summed E-state index contributed by atoms with van der Waals surface area (Å²) < 4.78 is 0. The minimum absolute atomic E-state index is 0.677. The second-order valence-electron chi connectivity index (χ2n) is 4.99. The number of fused-ring (bicyclic) bond motifs is 1. The summed E-state index contributed by atoms with van der Waals surface area (Å²) >= 11 is 5.99. The average molecular weight is 310 g/mol. The molecule has 3 nitrogen and oxygen atoms in total. The van der Waals surface area contributed by atoms with Gasteiger partial charge in [0.2, 0.25) is 0 Å². The number of anilines is 1. The van der Waals surface area contributed by atoms with Gasteiger partial charge in [-0.05, 0) is 41.8 Å². The zero-order valence-corrected chi connectivity index (χ0v) is 13.0. The van der Waals surface area contributed by atoms with Crippen molar-refractivity contribution in [3.05, 3.63) is 70.9 Å². The van der Waals surface area contributed by atoms with E-state index in [0.29, 0.717) is 5.02 Å². The van der Waals surface area contributed by atoms with E-state index >= 15 is 0 Å². The molecule has 110 valence electrons. The van der Waals surface area contributed by atoms with Crippen molar-refractivity contribution in [1.82, 2.24) is 4.98 Å². The van der Waals surface area contributed by atoms with Crippen LogP contribution in [0.4, 0.5) is 5.69 Å². The van der Waals surface area contributed by atoms with E-state index in [2.05, 4.69) is 46.7 Å². The molecule has 0 fully saturated rings. The van der Waals surface area contributed by atoms with Crippen LogP contribution in [0.15, 0.2) is 59.8 Å². The lowest BCUT2D eigenvalue weighted by molar-refractivity contribution is 1.14. The third-order valence-electron chi connectivity index (χ3n) is 3.49. The predicted octanol–water partition coefficient (Wildman–Crippen LogP) is 4.90. The second kappa shape index (κ2) is 6.58. The third kappa shape index (κ3) is 3.26. The molecule has 0 aliphatic carbocycles. The minimum atomic E-state index is 0.677. The van der Waals surface area contributed by atoms with Crippen molar-refractivity contribution in [2.24, 2.45) is 5.10 Å². The number of nitrogens with zero attached hydrogens (tertiary/aromatic N) is 2. The van der Waals surface area contributed by atoms with Crippen molar-refractivity contribution in [3.63, 3.8) is 0 Å². The molecule has 1 heterocycles. The van der Waals surface area contributed by atoms with Gasteiger partial charge in [0.1, 0.15) is 0 Å². The maximum atomic E-state index is 5.99. The second-order valence-corrected chi connectivity index (χ2v) is 5.42. The van der Waals surface area contributed by atoms with Crippen molar-refractivity contribution in [2.75, 3.05) is 5.43 Å². The zero-order chi connectivity index (χ0) is 15.4. The Hall–Kier alpha value is -2.39. The molecule has 3 rings (SSSR count). The van der Waals surface area contributed by atoms with Crippen LogP contribution in [0.25, 0.3) is 10.9 Å². The monoisotopic (exact) mass is 309 g/mol. The number of hydrogen-bond donors (Lipinski definition) is 1.